The minimum Gasteiger partial charge on any atom is -0.492 e. The summed E-state index contributed by atoms with van der Waals surface area (Å²) in [5, 5.41) is 0. The second-order valence-corrected chi connectivity index (χ2v) is 19.7. The highest BCUT2D eigenvalue weighted by molar-refractivity contribution is 6.00. The first kappa shape index (κ1) is 45.9. The van der Waals surface area contributed by atoms with Crippen molar-refractivity contribution in [3.05, 3.63) is 154 Å². The van der Waals surface area contributed by atoms with Crippen molar-refractivity contribution in [1.82, 2.24) is 0 Å². The van der Waals surface area contributed by atoms with Crippen molar-refractivity contribution in [2.45, 2.75) is 144 Å². The molecule has 5 heteroatoms. The number of benzene rings is 4. The molecule has 4 unspecified atom stereocenters. The number of carbonyl (C=O) groups excluding carboxylic acids is 2. The number of rotatable bonds is 18. The van der Waals surface area contributed by atoms with Crippen molar-refractivity contribution in [3.8, 4) is 22.6 Å². The molecule has 4 aromatic carbocycles. The summed E-state index contributed by atoms with van der Waals surface area (Å²) in [6, 6.07) is 34.2. The topological polar surface area (TPSA) is 61.8 Å². The van der Waals surface area contributed by atoms with Crippen molar-refractivity contribution >= 4 is 11.6 Å². The van der Waals surface area contributed by atoms with Crippen LogP contribution in [-0.4, -0.2) is 29.4 Å². The van der Waals surface area contributed by atoms with Crippen LogP contribution in [0, 0.1) is 23.2 Å². The molecule has 332 valence electrons. The molecule has 3 aliphatic carbocycles. The van der Waals surface area contributed by atoms with E-state index in [4.69, 9.17) is 14.2 Å². The predicted octanol–water partition coefficient (Wildman–Crippen LogP) is 14.6. The number of Topliss-reactive ketones (excluding diaryl/α,β-unsaturated/α-hetero) is 2. The summed E-state index contributed by atoms with van der Waals surface area (Å²) in [7, 11) is 0. The van der Waals surface area contributed by atoms with Gasteiger partial charge in [-0.15, -0.1) is 0 Å². The van der Waals surface area contributed by atoms with Crippen molar-refractivity contribution < 1.29 is 23.8 Å². The summed E-state index contributed by atoms with van der Waals surface area (Å²) in [5.74, 6) is 3.23. The van der Waals surface area contributed by atoms with Crippen molar-refractivity contribution in [1.29, 1.82) is 0 Å². The monoisotopic (exact) mass is 847 g/mol. The zero-order valence-corrected chi connectivity index (χ0v) is 39.6. The molecule has 3 aliphatic rings. The van der Waals surface area contributed by atoms with E-state index in [-0.39, 0.29) is 47.1 Å². The van der Waals surface area contributed by atoms with Gasteiger partial charge >= 0.3 is 0 Å². The Hall–Kier alpha value is -5.16. The Morgan fingerprint density at radius 2 is 1.35 bits per heavy atom. The molecule has 0 N–H and O–H groups in total. The van der Waals surface area contributed by atoms with E-state index >= 15 is 0 Å². The zero-order chi connectivity index (χ0) is 45.1. The lowest BCUT2D eigenvalue weighted by Gasteiger charge is -2.40. The van der Waals surface area contributed by atoms with Crippen molar-refractivity contribution in [3.63, 3.8) is 0 Å². The Labute approximate surface area is 378 Å². The fourth-order valence-corrected chi connectivity index (χ4v) is 10.4. The van der Waals surface area contributed by atoms with E-state index in [0.717, 1.165) is 61.4 Å². The third kappa shape index (κ3) is 9.13. The van der Waals surface area contributed by atoms with E-state index in [9.17, 15) is 9.59 Å². The first-order chi connectivity index (χ1) is 30.1. The molecular formula is C58H70O5. The van der Waals surface area contributed by atoms with Crippen LogP contribution in [0.2, 0.25) is 0 Å². The summed E-state index contributed by atoms with van der Waals surface area (Å²) < 4.78 is 19.8. The smallest absolute Gasteiger partial charge is 0.165 e. The highest BCUT2D eigenvalue weighted by atomic mass is 16.5. The fourth-order valence-electron chi connectivity index (χ4n) is 10.4. The molecule has 0 aromatic heterocycles. The van der Waals surface area contributed by atoms with Crippen molar-refractivity contribution in [2.24, 2.45) is 23.2 Å². The molecule has 0 amide bonds. The van der Waals surface area contributed by atoms with Gasteiger partial charge in [-0.25, -0.2) is 0 Å². The summed E-state index contributed by atoms with van der Waals surface area (Å²) in [6.07, 6.45) is 13.2. The van der Waals surface area contributed by atoms with Crippen LogP contribution in [0.15, 0.2) is 132 Å². The molecule has 0 bridgehead atoms. The molecule has 0 saturated carbocycles. The van der Waals surface area contributed by atoms with Gasteiger partial charge in [-0.1, -0.05) is 134 Å². The van der Waals surface area contributed by atoms with Gasteiger partial charge < -0.3 is 14.2 Å². The first-order valence-electron chi connectivity index (χ1n) is 23.7. The number of hydrogen-bond acceptors (Lipinski definition) is 5. The molecule has 7 rings (SSSR count). The molecule has 0 fully saturated rings. The van der Waals surface area contributed by atoms with Crippen LogP contribution < -0.4 is 9.47 Å². The van der Waals surface area contributed by atoms with E-state index in [1.54, 1.807) is 0 Å². The van der Waals surface area contributed by atoms with Gasteiger partial charge in [0.05, 0.1) is 11.2 Å². The van der Waals surface area contributed by atoms with Crippen LogP contribution >= 0.6 is 0 Å². The summed E-state index contributed by atoms with van der Waals surface area (Å²) in [5.41, 5.74) is 8.21. The maximum atomic E-state index is 14.4. The number of hydrogen-bond donors (Lipinski definition) is 0. The Bertz CT molecular complexity index is 2310. The van der Waals surface area contributed by atoms with Gasteiger partial charge in [-0.3, -0.25) is 9.59 Å². The minimum atomic E-state index is -0.575. The van der Waals surface area contributed by atoms with Gasteiger partial charge in [0.1, 0.15) is 29.3 Å². The molecule has 4 aromatic rings. The van der Waals surface area contributed by atoms with Crippen molar-refractivity contribution in [2.75, 3.05) is 0 Å². The van der Waals surface area contributed by atoms with Crippen LogP contribution in [0.4, 0.5) is 0 Å². The summed E-state index contributed by atoms with van der Waals surface area (Å²) >= 11 is 0. The quantitative estimate of drug-likeness (QED) is 0.0934. The number of ketones is 2. The van der Waals surface area contributed by atoms with E-state index in [2.05, 4.69) is 146 Å². The lowest BCUT2D eigenvalue weighted by molar-refractivity contribution is -0.128. The molecule has 63 heavy (non-hydrogen) atoms. The minimum absolute atomic E-state index is 0.00343. The van der Waals surface area contributed by atoms with Crippen LogP contribution in [0.1, 0.15) is 148 Å². The lowest BCUT2D eigenvalue weighted by atomic mass is 9.65. The van der Waals surface area contributed by atoms with Gasteiger partial charge in [0.25, 0.3) is 0 Å². The number of ether oxygens (including phenoxy) is 3. The number of allylic oxidation sites excluding steroid dienone is 5. The van der Waals surface area contributed by atoms with Crippen LogP contribution in [-0.2, 0) is 14.9 Å². The second-order valence-electron chi connectivity index (χ2n) is 19.7. The average Bonchev–Trinajstić information content (AvgIpc) is 3.60. The standard InChI is InChI=1S/C58H70O5/c1-11-48(39(6)57(9,10)55(60)41-24-32-45(33-25-41)61-44-30-22-40(23-31-44)54(59)38(4)5)53(12-2)62-46-34-26-42(27-35-46)58(43-28-36-47(37-29-43)63-56(7,8)13-3)51-20-16-14-18-49(51)50-19-15-17-21-52(50)58/h14-24,26-28,30-31,34-36,38-39,45,48,53H,11-13,25,29,32-33,37H2,1-10H3. The molecule has 4 atom stereocenters. The van der Waals surface area contributed by atoms with Gasteiger partial charge in [0.15, 0.2) is 11.6 Å². The Kier molecular flexibility index (Phi) is 13.8. The molecule has 0 saturated heterocycles. The van der Waals surface area contributed by atoms with E-state index < -0.39 is 10.8 Å². The van der Waals surface area contributed by atoms with Crippen LogP contribution in [0.25, 0.3) is 11.1 Å². The predicted molar refractivity (Wildman–Crippen MR) is 257 cm³/mol. The Morgan fingerprint density at radius 1 is 0.730 bits per heavy atom. The van der Waals surface area contributed by atoms with E-state index in [1.165, 1.54) is 33.4 Å². The highest BCUT2D eigenvalue weighted by Gasteiger charge is 2.48. The SMILES string of the molecule is CCC(Oc1ccc(C2(C3=CC=C(OC(C)(C)CC)CC3)c3ccccc3-c3ccccc32)cc1)C(CC)C(C)C(C)(C)C(=O)C1=CCC(Oc2ccc(C(=O)C(C)C)cc2)CC1. The molecule has 0 spiro atoms. The molecule has 0 aliphatic heterocycles. The number of carbonyl (C=O) groups is 2. The summed E-state index contributed by atoms with van der Waals surface area (Å²) in [6.45, 7) is 21.3. The maximum Gasteiger partial charge on any atom is 0.165 e. The van der Waals surface area contributed by atoms with Gasteiger partial charge in [0, 0.05) is 29.7 Å². The van der Waals surface area contributed by atoms with Gasteiger partial charge in [0.2, 0.25) is 0 Å². The maximum absolute atomic E-state index is 14.4. The first-order valence-corrected chi connectivity index (χ1v) is 23.7. The lowest BCUT2D eigenvalue weighted by Crippen LogP contribution is -2.42. The third-order valence-electron chi connectivity index (χ3n) is 14.7. The van der Waals surface area contributed by atoms with Crippen LogP contribution in [0.3, 0.4) is 0 Å². The molecular weight excluding hydrogens is 777 g/mol. The third-order valence-corrected chi connectivity index (χ3v) is 14.7. The van der Waals surface area contributed by atoms with Gasteiger partial charge in [-0.2, -0.15) is 0 Å². The average molecular weight is 847 g/mol. The Balaban J connectivity index is 1.09. The van der Waals surface area contributed by atoms with Gasteiger partial charge in [-0.05, 0) is 140 Å². The second kappa shape index (κ2) is 18.9. The normalized spacial score (nSPS) is 18.5. The highest BCUT2D eigenvalue weighted by Crippen LogP contribution is 2.58. The molecule has 0 heterocycles. The van der Waals surface area contributed by atoms with E-state index in [0.29, 0.717) is 18.4 Å². The fraction of sp³-hybridized carbons (Fsp3) is 0.448. The molecule has 0 radical (unpaired) electrons. The van der Waals surface area contributed by atoms with Crippen LogP contribution in [0.5, 0.6) is 11.5 Å². The Morgan fingerprint density at radius 3 is 1.87 bits per heavy atom. The largest absolute Gasteiger partial charge is 0.492 e. The summed E-state index contributed by atoms with van der Waals surface area (Å²) in [4.78, 5) is 26.8. The van der Waals surface area contributed by atoms with E-state index in [1.807, 2.05) is 38.1 Å². The molecule has 5 nitrogen and oxygen atoms in total. The number of fused-ring (bicyclic) bond motifs is 3. The zero-order valence-electron chi connectivity index (χ0n) is 39.6.